The van der Waals surface area contributed by atoms with Gasteiger partial charge in [-0.25, -0.2) is 4.98 Å². The normalized spacial score (nSPS) is 17.3. The molecule has 7 heteroatoms. The molecule has 1 aliphatic rings. The molecule has 0 saturated carbocycles. The van der Waals surface area contributed by atoms with Gasteiger partial charge in [0.1, 0.15) is 0 Å². The van der Waals surface area contributed by atoms with Crippen LogP contribution in [0, 0.1) is 0 Å². The highest BCUT2D eigenvalue weighted by molar-refractivity contribution is 5.50. The Kier molecular flexibility index (Phi) is 4.75. The number of β-amino-alcohol motifs (C(OH)–C–C–N with tert-alkyl or cyclic N) is 1. The number of methoxy groups -OCH3 is 1. The van der Waals surface area contributed by atoms with Crippen molar-refractivity contribution in [1.82, 2.24) is 14.9 Å². The lowest BCUT2D eigenvalue weighted by molar-refractivity contribution is 0.204. The fraction of sp³-hybridized carbons (Fsp3) is 0.667. The summed E-state index contributed by atoms with van der Waals surface area (Å²) in [6.45, 7) is 4.25. The molecular weight excluding hydrogens is 248 g/mol. The molecule has 0 atom stereocenters. The van der Waals surface area contributed by atoms with Crippen LogP contribution in [0.4, 0.5) is 5.82 Å². The Hall–Kier alpha value is -1.60. The molecule has 7 nitrogen and oxygen atoms in total. The molecule has 19 heavy (non-hydrogen) atoms. The average molecular weight is 268 g/mol. The van der Waals surface area contributed by atoms with Crippen molar-refractivity contribution in [3.05, 3.63) is 16.7 Å². The average Bonchev–Trinajstić information content (AvgIpc) is 2.64. The first-order valence-electron chi connectivity index (χ1n) is 6.46. The van der Waals surface area contributed by atoms with Crippen molar-refractivity contribution in [2.45, 2.75) is 6.42 Å². The fourth-order valence-corrected chi connectivity index (χ4v) is 2.33. The molecule has 106 valence electrons. The summed E-state index contributed by atoms with van der Waals surface area (Å²) in [4.78, 5) is 22.7. The Morgan fingerprint density at radius 3 is 3.00 bits per heavy atom. The topological polar surface area (TPSA) is 81.7 Å². The van der Waals surface area contributed by atoms with Crippen LogP contribution in [0.1, 0.15) is 6.42 Å². The van der Waals surface area contributed by atoms with Gasteiger partial charge in [-0.05, 0) is 13.0 Å². The molecule has 0 bridgehead atoms. The van der Waals surface area contributed by atoms with E-state index in [1.165, 1.54) is 13.4 Å². The van der Waals surface area contributed by atoms with E-state index in [1.807, 2.05) is 0 Å². The highest BCUT2D eigenvalue weighted by Gasteiger charge is 2.20. The third kappa shape index (κ3) is 3.24. The van der Waals surface area contributed by atoms with E-state index >= 15 is 0 Å². The summed E-state index contributed by atoms with van der Waals surface area (Å²) in [6, 6.07) is 0. The van der Waals surface area contributed by atoms with Crippen molar-refractivity contribution < 1.29 is 9.84 Å². The van der Waals surface area contributed by atoms with Crippen LogP contribution in [0.25, 0.3) is 0 Å². The maximum Gasteiger partial charge on any atom is 0.295 e. The first-order valence-corrected chi connectivity index (χ1v) is 6.46. The summed E-state index contributed by atoms with van der Waals surface area (Å²) < 4.78 is 5.14. The number of hydrogen-bond donors (Lipinski definition) is 2. The molecular formula is C12H20N4O3. The van der Waals surface area contributed by atoms with Gasteiger partial charge in [0.15, 0.2) is 5.82 Å². The number of aliphatic hydroxyl groups excluding tert-OH is 1. The minimum Gasteiger partial charge on any atom is -0.489 e. The highest BCUT2D eigenvalue weighted by Crippen LogP contribution is 2.21. The first kappa shape index (κ1) is 13.8. The van der Waals surface area contributed by atoms with Crippen molar-refractivity contribution in [3.8, 4) is 5.75 Å². The zero-order valence-corrected chi connectivity index (χ0v) is 11.1. The monoisotopic (exact) mass is 268 g/mol. The van der Waals surface area contributed by atoms with Gasteiger partial charge in [-0.2, -0.15) is 0 Å². The van der Waals surface area contributed by atoms with E-state index in [1.54, 1.807) is 0 Å². The van der Waals surface area contributed by atoms with E-state index in [9.17, 15) is 4.79 Å². The number of nitrogens with zero attached hydrogens (tertiary/aromatic N) is 3. The number of rotatable bonds is 4. The Bertz CT molecular complexity index is 463. The zero-order chi connectivity index (χ0) is 13.7. The predicted octanol–water partition coefficient (Wildman–Crippen LogP) is -0.717. The molecule has 1 saturated heterocycles. The summed E-state index contributed by atoms with van der Waals surface area (Å²) in [6.07, 6.45) is 2.37. The number of hydrogen-bond acceptors (Lipinski definition) is 6. The second-order valence-electron chi connectivity index (χ2n) is 4.49. The Balaban J connectivity index is 2.14. The summed E-state index contributed by atoms with van der Waals surface area (Å²) in [5, 5.41) is 8.98. The van der Waals surface area contributed by atoms with E-state index in [-0.39, 0.29) is 17.9 Å². The quantitative estimate of drug-likeness (QED) is 0.750. The number of ether oxygens (including phenoxy) is 1. The van der Waals surface area contributed by atoms with Crippen LogP contribution in [-0.2, 0) is 0 Å². The molecule has 2 heterocycles. The van der Waals surface area contributed by atoms with E-state index in [4.69, 9.17) is 9.84 Å². The van der Waals surface area contributed by atoms with Crippen molar-refractivity contribution in [1.29, 1.82) is 0 Å². The van der Waals surface area contributed by atoms with Gasteiger partial charge in [0, 0.05) is 26.2 Å². The smallest absolute Gasteiger partial charge is 0.295 e. The lowest BCUT2D eigenvalue weighted by Crippen LogP contribution is -2.33. The van der Waals surface area contributed by atoms with Gasteiger partial charge in [0.25, 0.3) is 5.56 Å². The van der Waals surface area contributed by atoms with Gasteiger partial charge < -0.3 is 19.7 Å². The predicted molar refractivity (Wildman–Crippen MR) is 71.8 cm³/mol. The van der Waals surface area contributed by atoms with Crippen LogP contribution >= 0.6 is 0 Å². The largest absolute Gasteiger partial charge is 0.489 e. The molecule has 2 N–H and O–H groups in total. The van der Waals surface area contributed by atoms with Gasteiger partial charge in [0.2, 0.25) is 5.75 Å². The van der Waals surface area contributed by atoms with Crippen molar-refractivity contribution in [2.75, 3.05) is 51.3 Å². The third-order valence-electron chi connectivity index (χ3n) is 3.30. The van der Waals surface area contributed by atoms with Crippen LogP contribution < -0.4 is 15.2 Å². The number of H-pyrrole nitrogens is 1. The Morgan fingerprint density at radius 1 is 1.42 bits per heavy atom. The van der Waals surface area contributed by atoms with Crippen molar-refractivity contribution >= 4 is 5.82 Å². The van der Waals surface area contributed by atoms with Gasteiger partial charge in [-0.1, -0.05) is 0 Å². The lowest BCUT2D eigenvalue weighted by Gasteiger charge is -2.23. The van der Waals surface area contributed by atoms with Gasteiger partial charge in [-0.3, -0.25) is 9.69 Å². The molecule has 0 unspecified atom stereocenters. The minimum absolute atomic E-state index is 0.173. The Morgan fingerprint density at radius 2 is 2.26 bits per heavy atom. The third-order valence-corrected chi connectivity index (χ3v) is 3.30. The Labute approximate surface area is 111 Å². The summed E-state index contributed by atoms with van der Waals surface area (Å²) in [5.74, 6) is 0.857. The number of nitrogens with one attached hydrogen (secondary N) is 1. The lowest BCUT2D eigenvalue weighted by atomic mass is 10.3. The maximum atomic E-state index is 11.7. The van der Waals surface area contributed by atoms with E-state index in [0.717, 1.165) is 32.6 Å². The zero-order valence-electron chi connectivity index (χ0n) is 11.1. The number of anilines is 1. The van der Waals surface area contributed by atoms with Crippen LogP contribution in [0.2, 0.25) is 0 Å². The number of aromatic nitrogens is 2. The van der Waals surface area contributed by atoms with E-state index in [0.29, 0.717) is 12.4 Å². The van der Waals surface area contributed by atoms with Crippen LogP contribution in [-0.4, -0.2) is 66.4 Å². The van der Waals surface area contributed by atoms with Crippen molar-refractivity contribution in [3.63, 3.8) is 0 Å². The molecule has 0 spiro atoms. The summed E-state index contributed by atoms with van der Waals surface area (Å²) in [5.41, 5.74) is -0.260. The minimum atomic E-state index is -0.260. The van der Waals surface area contributed by atoms with Crippen LogP contribution in [0.5, 0.6) is 5.75 Å². The van der Waals surface area contributed by atoms with Gasteiger partial charge >= 0.3 is 0 Å². The summed E-state index contributed by atoms with van der Waals surface area (Å²) >= 11 is 0. The van der Waals surface area contributed by atoms with Gasteiger partial charge in [-0.15, -0.1) is 0 Å². The first-order chi connectivity index (χ1) is 9.26. The highest BCUT2D eigenvalue weighted by atomic mass is 16.5. The second-order valence-corrected chi connectivity index (χ2v) is 4.49. The molecule has 0 radical (unpaired) electrons. The molecule has 0 amide bonds. The SMILES string of the molecule is COc1c(N2CCCN(CCO)CC2)nc[nH]c1=O. The molecule has 1 aromatic rings. The fourth-order valence-electron chi connectivity index (χ4n) is 2.33. The number of aromatic amines is 1. The molecule has 1 aliphatic heterocycles. The van der Waals surface area contributed by atoms with E-state index < -0.39 is 0 Å². The molecule has 1 aromatic heterocycles. The molecule has 0 aliphatic carbocycles. The van der Waals surface area contributed by atoms with Crippen LogP contribution in [0.15, 0.2) is 11.1 Å². The molecule has 1 fully saturated rings. The number of aliphatic hydroxyl groups is 1. The van der Waals surface area contributed by atoms with Crippen LogP contribution in [0.3, 0.4) is 0 Å². The van der Waals surface area contributed by atoms with Gasteiger partial charge in [0.05, 0.1) is 20.0 Å². The standard InChI is InChI=1S/C12H20N4O3/c1-19-10-11(13-9-14-12(10)18)16-4-2-3-15(5-6-16)7-8-17/h9,17H,2-8H2,1H3,(H,13,14,18). The van der Waals surface area contributed by atoms with Crippen molar-refractivity contribution in [2.24, 2.45) is 0 Å². The molecule has 2 rings (SSSR count). The second kappa shape index (κ2) is 6.53. The molecule has 0 aromatic carbocycles. The summed E-state index contributed by atoms with van der Waals surface area (Å²) in [7, 11) is 1.48. The van der Waals surface area contributed by atoms with E-state index in [2.05, 4.69) is 19.8 Å². The maximum absolute atomic E-state index is 11.7.